The molecule has 0 fully saturated rings. The number of amides is 1. The number of benzene rings is 1. The minimum absolute atomic E-state index is 0.190. The molecule has 1 aromatic carbocycles. The zero-order valence-corrected chi connectivity index (χ0v) is 9.08. The molecule has 3 nitrogen and oxygen atoms in total. The van der Waals surface area contributed by atoms with Crippen molar-refractivity contribution in [1.29, 1.82) is 5.26 Å². The van der Waals surface area contributed by atoms with Gasteiger partial charge in [0.25, 0.3) is 0 Å². The van der Waals surface area contributed by atoms with Gasteiger partial charge in [-0.2, -0.15) is 5.26 Å². The number of rotatable bonds is 3. The quantitative estimate of drug-likeness (QED) is 0.855. The molecule has 0 saturated carbocycles. The van der Waals surface area contributed by atoms with Crippen LogP contribution >= 0.6 is 11.6 Å². The molecule has 0 aliphatic carbocycles. The second-order valence-electron chi connectivity index (χ2n) is 3.23. The summed E-state index contributed by atoms with van der Waals surface area (Å²) in [4.78, 5) is 11.5. The minimum Gasteiger partial charge on any atom is -0.325 e. The normalized spacial score (nSPS) is 11.5. The molecule has 1 unspecified atom stereocenters. The highest BCUT2D eigenvalue weighted by atomic mass is 35.5. The smallest absolute Gasteiger partial charge is 0.228 e. The van der Waals surface area contributed by atoms with E-state index in [4.69, 9.17) is 16.9 Å². The Morgan fingerprint density at radius 3 is 2.87 bits per heavy atom. The molecule has 0 spiro atoms. The fourth-order valence-corrected chi connectivity index (χ4v) is 1.23. The maximum atomic E-state index is 11.5. The Labute approximate surface area is 93.7 Å². The van der Waals surface area contributed by atoms with Crippen LogP contribution in [0.4, 0.5) is 5.69 Å². The standard InChI is InChI=1S/C11H11ClN2O/c1-8(6-7-13)11(15)14-10-5-3-2-4-9(10)12/h2-5,8H,6H2,1H3,(H,14,15). The number of hydrogen-bond donors (Lipinski definition) is 1. The van der Waals surface area contributed by atoms with Crippen LogP contribution < -0.4 is 5.32 Å². The summed E-state index contributed by atoms with van der Waals surface area (Å²) in [5.74, 6) is -0.518. The first-order valence-electron chi connectivity index (χ1n) is 4.57. The van der Waals surface area contributed by atoms with Crippen LogP contribution in [0.5, 0.6) is 0 Å². The molecule has 0 aliphatic rings. The number of hydrogen-bond acceptors (Lipinski definition) is 2. The molecule has 0 bridgehead atoms. The SMILES string of the molecule is CC(CC#N)C(=O)Nc1ccccc1Cl. The van der Waals surface area contributed by atoms with E-state index in [9.17, 15) is 4.79 Å². The molecule has 0 radical (unpaired) electrons. The van der Waals surface area contributed by atoms with Gasteiger partial charge in [-0.05, 0) is 12.1 Å². The minimum atomic E-state index is -0.328. The van der Waals surface area contributed by atoms with E-state index < -0.39 is 0 Å². The number of carbonyl (C=O) groups excluding carboxylic acids is 1. The Morgan fingerprint density at radius 2 is 2.27 bits per heavy atom. The van der Waals surface area contributed by atoms with E-state index in [1.165, 1.54) is 0 Å². The highest BCUT2D eigenvalue weighted by Crippen LogP contribution is 2.21. The first-order valence-corrected chi connectivity index (χ1v) is 4.95. The van der Waals surface area contributed by atoms with E-state index in [2.05, 4.69) is 5.32 Å². The van der Waals surface area contributed by atoms with Gasteiger partial charge < -0.3 is 5.32 Å². The summed E-state index contributed by atoms with van der Waals surface area (Å²) in [6.07, 6.45) is 0.205. The lowest BCUT2D eigenvalue weighted by molar-refractivity contribution is -0.119. The molecule has 0 aliphatic heterocycles. The lowest BCUT2D eigenvalue weighted by Crippen LogP contribution is -2.20. The number of nitrogens with zero attached hydrogens (tertiary/aromatic N) is 1. The van der Waals surface area contributed by atoms with Crippen LogP contribution in [0.25, 0.3) is 0 Å². The van der Waals surface area contributed by atoms with E-state index in [1.807, 2.05) is 6.07 Å². The van der Waals surface area contributed by atoms with Gasteiger partial charge in [-0.15, -0.1) is 0 Å². The predicted molar refractivity (Wildman–Crippen MR) is 59.5 cm³/mol. The molecule has 1 N–H and O–H groups in total. The molecule has 78 valence electrons. The molecule has 1 aromatic rings. The number of halogens is 1. The Morgan fingerprint density at radius 1 is 1.60 bits per heavy atom. The van der Waals surface area contributed by atoms with Crippen LogP contribution in [-0.2, 0) is 4.79 Å². The van der Waals surface area contributed by atoms with E-state index >= 15 is 0 Å². The molecular formula is C11H11ClN2O. The highest BCUT2D eigenvalue weighted by Gasteiger charge is 2.13. The van der Waals surface area contributed by atoms with Crippen molar-refractivity contribution in [2.75, 3.05) is 5.32 Å². The summed E-state index contributed by atoms with van der Waals surface area (Å²) >= 11 is 5.87. The van der Waals surface area contributed by atoms with E-state index in [-0.39, 0.29) is 18.2 Å². The van der Waals surface area contributed by atoms with Crippen molar-refractivity contribution in [2.45, 2.75) is 13.3 Å². The van der Waals surface area contributed by atoms with E-state index in [0.717, 1.165) is 0 Å². The number of nitriles is 1. The molecular weight excluding hydrogens is 212 g/mol. The van der Waals surface area contributed by atoms with Gasteiger partial charge >= 0.3 is 0 Å². The van der Waals surface area contributed by atoms with Crippen LogP contribution in [0.3, 0.4) is 0 Å². The predicted octanol–water partition coefficient (Wildman–Crippen LogP) is 2.83. The third-order valence-corrected chi connectivity index (χ3v) is 2.31. The van der Waals surface area contributed by atoms with Gasteiger partial charge in [0.2, 0.25) is 5.91 Å². The van der Waals surface area contributed by atoms with Gasteiger partial charge in [0, 0.05) is 12.3 Å². The summed E-state index contributed by atoms with van der Waals surface area (Å²) in [7, 11) is 0. The summed E-state index contributed by atoms with van der Waals surface area (Å²) in [6, 6.07) is 8.95. The summed E-state index contributed by atoms with van der Waals surface area (Å²) in [5.41, 5.74) is 0.578. The van der Waals surface area contributed by atoms with E-state index in [0.29, 0.717) is 10.7 Å². The molecule has 0 aromatic heterocycles. The zero-order valence-electron chi connectivity index (χ0n) is 8.33. The summed E-state index contributed by atoms with van der Waals surface area (Å²) < 4.78 is 0. The van der Waals surface area contributed by atoms with Crippen molar-refractivity contribution in [2.24, 2.45) is 5.92 Å². The highest BCUT2D eigenvalue weighted by molar-refractivity contribution is 6.33. The Balaban J connectivity index is 2.67. The first kappa shape index (κ1) is 11.5. The van der Waals surface area contributed by atoms with Gasteiger partial charge in [-0.3, -0.25) is 4.79 Å². The Bertz CT molecular complexity index is 398. The van der Waals surface area contributed by atoms with Crippen molar-refractivity contribution >= 4 is 23.2 Å². The summed E-state index contributed by atoms with van der Waals surface area (Å²) in [5, 5.41) is 11.6. The van der Waals surface area contributed by atoms with Crippen molar-refractivity contribution in [3.05, 3.63) is 29.3 Å². The maximum absolute atomic E-state index is 11.5. The van der Waals surface area contributed by atoms with Crippen LogP contribution in [0, 0.1) is 17.2 Å². The van der Waals surface area contributed by atoms with Crippen LogP contribution in [-0.4, -0.2) is 5.91 Å². The second kappa shape index (κ2) is 5.38. The van der Waals surface area contributed by atoms with Crippen molar-refractivity contribution in [3.8, 4) is 6.07 Å². The van der Waals surface area contributed by atoms with Gasteiger partial charge in [0.15, 0.2) is 0 Å². The zero-order chi connectivity index (χ0) is 11.3. The summed E-state index contributed by atoms with van der Waals surface area (Å²) in [6.45, 7) is 1.70. The monoisotopic (exact) mass is 222 g/mol. The Hall–Kier alpha value is -1.53. The van der Waals surface area contributed by atoms with Gasteiger partial charge in [0.1, 0.15) is 0 Å². The first-order chi connectivity index (χ1) is 7.15. The molecule has 4 heteroatoms. The third-order valence-electron chi connectivity index (χ3n) is 1.98. The molecule has 1 atom stereocenters. The van der Waals surface area contributed by atoms with Crippen LogP contribution in [0.2, 0.25) is 5.02 Å². The van der Waals surface area contributed by atoms with Gasteiger partial charge in [-0.25, -0.2) is 0 Å². The average Bonchev–Trinajstić information content (AvgIpc) is 2.21. The third kappa shape index (κ3) is 3.26. The molecule has 1 rings (SSSR count). The largest absolute Gasteiger partial charge is 0.325 e. The van der Waals surface area contributed by atoms with Gasteiger partial charge in [0.05, 0.1) is 16.8 Å². The molecule has 0 saturated heterocycles. The van der Waals surface area contributed by atoms with Crippen molar-refractivity contribution in [1.82, 2.24) is 0 Å². The molecule has 0 heterocycles. The lowest BCUT2D eigenvalue weighted by atomic mass is 10.1. The van der Waals surface area contributed by atoms with Crippen LogP contribution in [0.1, 0.15) is 13.3 Å². The number of carbonyl (C=O) groups is 1. The molecule has 1 amide bonds. The van der Waals surface area contributed by atoms with Crippen molar-refractivity contribution in [3.63, 3.8) is 0 Å². The van der Waals surface area contributed by atoms with Gasteiger partial charge in [-0.1, -0.05) is 30.7 Å². The van der Waals surface area contributed by atoms with Crippen LogP contribution in [0.15, 0.2) is 24.3 Å². The number of para-hydroxylation sites is 1. The average molecular weight is 223 g/mol. The second-order valence-corrected chi connectivity index (χ2v) is 3.64. The maximum Gasteiger partial charge on any atom is 0.228 e. The molecule has 15 heavy (non-hydrogen) atoms. The Kier molecular flexibility index (Phi) is 4.14. The van der Waals surface area contributed by atoms with E-state index in [1.54, 1.807) is 31.2 Å². The topological polar surface area (TPSA) is 52.9 Å². The lowest BCUT2D eigenvalue weighted by Gasteiger charge is -2.09. The fourth-order valence-electron chi connectivity index (χ4n) is 1.05. The number of nitrogens with one attached hydrogen (secondary N) is 1. The fraction of sp³-hybridized carbons (Fsp3) is 0.273. The number of anilines is 1. The van der Waals surface area contributed by atoms with Crippen molar-refractivity contribution < 1.29 is 4.79 Å².